The maximum atomic E-state index is 13.1. The molecule has 2 aromatic rings. The van der Waals surface area contributed by atoms with E-state index in [-0.39, 0.29) is 5.82 Å². The molecule has 2 aromatic carbocycles. The summed E-state index contributed by atoms with van der Waals surface area (Å²) in [6, 6.07) is 14.0. The number of hydrogen-bond donors (Lipinski definition) is 1. The van der Waals surface area contributed by atoms with Gasteiger partial charge in [0.2, 0.25) is 0 Å². The molecule has 0 aromatic heterocycles. The fourth-order valence-electron chi connectivity index (χ4n) is 1.61. The first kappa shape index (κ1) is 10.4. The Morgan fingerprint density at radius 2 is 1.88 bits per heavy atom. The molecule has 0 fully saturated rings. The van der Waals surface area contributed by atoms with Crippen molar-refractivity contribution in [2.45, 2.75) is 0 Å². The molecule has 0 aliphatic rings. The van der Waals surface area contributed by atoms with E-state index in [9.17, 15) is 4.39 Å². The SMILES string of the molecule is NN=Cc1ccccc1-c1cccc(F)c1. The Kier molecular flexibility index (Phi) is 2.96. The lowest BCUT2D eigenvalue weighted by molar-refractivity contribution is 0.628. The lowest BCUT2D eigenvalue weighted by Crippen LogP contribution is -1.91. The molecule has 80 valence electrons. The summed E-state index contributed by atoms with van der Waals surface area (Å²) in [5.74, 6) is 4.88. The van der Waals surface area contributed by atoms with Crippen LogP contribution < -0.4 is 5.84 Å². The Labute approximate surface area is 93.2 Å². The van der Waals surface area contributed by atoms with Crippen LogP contribution in [0.25, 0.3) is 11.1 Å². The molecule has 3 heteroatoms. The van der Waals surface area contributed by atoms with Gasteiger partial charge in [-0.05, 0) is 23.3 Å². The predicted octanol–water partition coefficient (Wildman–Crippen LogP) is 2.79. The molecule has 2 N–H and O–H groups in total. The molecule has 0 spiro atoms. The molecule has 0 unspecified atom stereocenters. The molecular formula is C13H11FN2. The van der Waals surface area contributed by atoms with Crippen molar-refractivity contribution in [1.29, 1.82) is 0 Å². The number of rotatable bonds is 2. The molecule has 0 saturated carbocycles. The second kappa shape index (κ2) is 4.57. The summed E-state index contributed by atoms with van der Waals surface area (Å²) in [5, 5.41) is 3.50. The summed E-state index contributed by atoms with van der Waals surface area (Å²) >= 11 is 0. The van der Waals surface area contributed by atoms with E-state index >= 15 is 0 Å². The summed E-state index contributed by atoms with van der Waals surface area (Å²) in [6.45, 7) is 0. The van der Waals surface area contributed by atoms with Crippen LogP contribution in [0, 0.1) is 5.82 Å². The van der Waals surface area contributed by atoms with Crippen molar-refractivity contribution in [1.82, 2.24) is 0 Å². The minimum atomic E-state index is -0.253. The van der Waals surface area contributed by atoms with Gasteiger partial charge in [0.05, 0.1) is 6.21 Å². The normalized spacial score (nSPS) is 10.8. The van der Waals surface area contributed by atoms with Crippen LogP contribution in [0.15, 0.2) is 53.6 Å². The first-order valence-corrected chi connectivity index (χ1v) is 4.89. The lowest BCUT2D eigenvalue weighted by atomic mass is 10.0. The molecule has 16 heavy (non-hydrogen) atoms. The van der Waals surface area contributed by atoms with Gasteiger partial charge in [-0.15, -0.1) is 0 Å². The molecule has 2 nitrogen and oxygen atoms in total. The molecule has 0 radical (unpaired) electrons. The predicted molar refractivity (Wildman–Crippen MR) is 63.6 cm³/mol. The van der Waals surface area contributed by atoms with Gasteiger partial charge in [-0.2, -0.15) is 5.10 Å². The fraction of sp³-hybridized carbons (Fsp3) is 0. The Hall–Kier alpha value is -2.16. The molecule has 0 atom stereocenters. The van der Waals surface area contributed by atoms with Crippen molar-refractivity contribution in [2.24, 2.45) is 10.9 Å². The van der Waals surface area contributed by atoms with Crippen LogP contribution in [0.1, 0.15) is 5.56 Å². The third-order valence-electron chi connectivity index (χ3n) is 2.31. The Balaban J connectivity index is 2.55. The van der Waals surface area contributed by atoms with Crippen LogP contribution in [-0.4, -0.2) is 6.21 Å². The van der Waals surface area contributed by atoms with Crippen molar-refractivity contribution >= 4 is 6.21 Å². The van der Waals surface area contributed by atoms with Crippen LogP contribution in [0.5, 0.6) is 0 Å². The summed E-state index contributed by atoms with van der Waals surface area (Å²) in [4.78, 5) is 0. The zero-order valence-electron chi connectivity index (χ0n) is 8.60. The van der Waals surface area contributed by atoms with Crippen molar-refractivity contribution < 1.29 is 4.39 Å². The second-order valence-corrected chi connectivity index (χ2v) is 3.38. The number of hydrogen-bond acceptors (Lipinski definition) is 2. The van der Waals surface area contributed by atoms with Crippen LogP contribution in [-0.2, 0) is 0 Å². The van der Waals surface area contributed by atoms with Crippen LogP contribution in [0.3, 0.4) is 0 Å². The van der Waals surface area contributed by atoms with Gasteiger partial charge < -0.3 is 5.84 Å². The highest BCUT2D eigenvalue weighted by Gasteiger charge is 2.03. The molecular weight excluding hydrogens is 203 g/mol. The highest BCUT2D eigenvalue weighted by atomic mass is 19.1. The van der Waals surface area contributed by atoms with E-state index in [0.717, 1.165) is 16.7 Å². The quantitative estimate of drug-likeness (QED) is 0.466. The largest absolute Gasteiger partial charge is 0.323 e. The first-order valence-electron chi connectivity index (χ1n) is 4.89. The van der Waals surface area contributed by atoms with Crippen molar-refractivity contribution in [3.05, 3.63) is 59.9 Å². The maximum Gasteiger partial charge on any atom is 0.123 e. The van der Waals surface area contributed by atoms with E-state index in [1.165, 1.54) is 12.1 Å². The summed E-state index contributed by atoms with van der Waals surface area (Å²) < 4.78 is 13.1. The molecule has 2 rings (SSSR count). The zero-order chi connectivity index (χ0) is 11.4. The smallest absolute Gasteiger partial charge is 0.123 e. The highest BCUT2D eigenvalue weighted by Crippen LogP contribution is 2.22. The van der Waals surface area contributed by atoms with Gasteiger partial charge in [0.15, 0.2) is 0 Å². The second-order valence-electron chi connectivity index (χ2n) is 3.38. The molecule has 0 heterocycles. The minimum absolute atomic E-state index is 0.253. The average Bonchev–Trinajstić information content (AvgIpc) is 2.30. The van der Waals surface area contributed by atoms with Gasteiger partial charge in [0, 0.05) is 5.56 Å². The van der Waals surface area contributed by atoms with E-state index in [0.29, 0.717) is 0 Å². The number of nitrogens with two attached hydrogens (primary N) is 1. The van der Waals surface area contributed by atoms with Crippen molar-refractivity contribution in [3.63, 3.8) is 0 Å². The van der Waals surface area contributed by atoms with E-state index in [2.05, 4.69) is 5.10 Å². The topological polar surface area (TPSA) is 38.4 Å². The average molecular weight is 214 g/mol. The van der Waals surface area contributed by atoms with Crippen LogP contribution in [0.4, 0.5) is 4.39 Å². The molecule has 0 amide bonds. The zero-order valence-corrected chi connectivity index (χ0v) is 8.60. The lowest BCUT2D eigenvalue weighted by Gasteiger charge is -2.05. The third-order valence-corrected chi connectivity index (χ3v) is 2.31. The van der Waals surface area contributed by atoms with E-state index in [4.69, 9.17) is 5.84 Å². The van der Waals surface area contributed by atoms with Crippen LogP contribution in [0.2, 0.25) is 0 Å². The Bertz CT molecular complexity index is 521. The monoisotopic (exact) mass is 214 g/mol. The Morgan fingerprint density at radius 1 is 1.06 bits per heavy atom. The van der Waals surface area contributed by atoms with Gasteiger partial charge in [0.1, 0.15) is 5.82 Å². The number of benzene rings is 2. The van der Waals surface area contributed by atoms with Gasteiger partial charge in [-0.1, -0.05) is 36.4 Å². The summed E-state index contributed by atoms with van der Waals surface area (Å²) in [7, 11) is 0. The van der Waals surface area contributed by atoms with Gasteiger partial charge in [-0.3, -0.25) is 0 Å². The number of halogens is 1. The van der Waals surface area contributed by atoms with Gasteiger partial charge in [-0.25, -0.2) is 4.39 Å². The maximum absolute atomic E-state index is 13.1. The summed E-state index contributed by atoms with van der Waals surface area (Å²) in [5.41, 5.74) is 2.60. The highest BCUT2D eigenvalue weighted by molar-refractivity contribution is 5.90. The van der Waals surface area contributed by atoms with E-state index in [1.54, 1.807) is 12.3 Å². The van der Waals surface area contributed by atoms with Gasteiger partial charge in [0.25, 0.3) is 0 Å². The number of nitrogens with zero attached hydrogens (tertiary/aromatic N) is 1. The first-order chi connectivity index (χ1) is 7.81. The van der Waals surface area contributed by atoms with Crippen LogP contribution >= 0.6 is 0 Å². The van der Waals surface area contributed by atoms with E-state index in [1.807, 2.05) is 30.3 Å². The standard InChI is InChI=1S/C13H11FN2/c14-12-6-3-5-10(8-12)13-7-2-1-4-11(13)9-16-15/h1-9H,15H2. The fourth-order valence-corrected chi connectivity index (χ4v) is 1.61. The van der Waals surface area contributed by atoms with Gasteiger partial charge >= 0.3 is 0 Å². The van der Waals surface area contributed by atoms with Crippen molar-refractivity contribution in [2.75, 3.05) is 0 Å². The molecule has 0 bridgehead atoms. The molecule has 0 saturated heterocycles. The third kappa shape index (κ3) is 2.08. The molecule has 0 aliphatic heterocycles. The Morgan fingerprint density at radius 3 is 2.62 bits per heavy atom. The van der Waals surface area contributed by atoms with Crippen molar-refractivity contribution in [3.8, 4) is 11.1 Å². The minimum Gasteiger partial charge on any atom is -0.323 e. The van der Waals surface area contributed by atoms with E-state index < -0.39 is 0 Å². The summed E-state index contributed by atoms with van der Waals surface area (Å²) in [6.07, 6.45) is 1.56. The molecule has 0 aliphatic carbocycles. The number of hydrazone groups is 1.